The topological polar surface area (TPSA) is 23.5 Å². The van der Waals surface area contributed by atoms with Crippen molar-refractivity contribution < 1.29 is 5.11 Å². The standard InChI is InChI=1S/C16H23Cl2NO/c1-16(2,19-9-5-3-4-6-10-19)15(20)12-7-8-13(17)14(18)11-12/h7-8,11,15,20H,3-6,9-10H2,1-2H3. The van der Waals surface area contributed by atoms with Crippen molar-refractivity contribution in [3.8, 4) is 0 Å². The van der Waals surface area contributed by atoms with E-state index >= 15 is 0 Å². The quantitative estimate of drug-likeness (QED) is 0.875. The average molecular weight is 316 g/mol. The van der Waals surface area contributed by atoms with Crippen LogP contribution in [0.4, 0.5) is 0 Å². The van der Waals surface area contributed by atoms with Crippen LogP contribution in [-0.4, -0.2) is 28.6 Å². The zero-order chi connectivity index (χ0) is 14.8. The first-order valence-corrected chi connectivity index (χ1v) is 8.06. The molecule has 20 heavy (non-hydrogen) atoms. The molecule has 1 aliphatic rings. The maximum atomic E-state index is 10.8. The van der Waals surface area contributed by atoms with E-state index in [2.05, 4.69) is 18.7 Å². The van der Waals surface area contributed by atoms with Crippen LogP contribution in [0.15, 0.2) is 18.2 Å². The molecule has 0 aromatic heterocycles. The van der Waals surface area contributed by atoms with Crippen molar-refractivity contribution >= 4 is 23.2 Å². The van der Waals surface area contributed by atoms with Crippen molar-refractivity contribution in [2.24, 2.45) is 0 Å². The van der Waals surface area contributed by atoms with E-state index in [0.29, 0.717) is 10.0 Å². The molecule has 0 bridgehead atoms. The van der Waals surface area contributed by atoms with Crippen LogP contribution < -0.4 is 0 Å². The highest BCUT2D eigenvalue weighted by atomic mass is 35.5. The van der Waals surface area contributed by atoms with Crippen molar-refractivity contribution in [1.82, 2.24) is 4.90 Å². The number of hydrogen-bond donors (Lipinski definition) is 1. The monoisotopic (exact) mass is 315 g/mol. The third-order valence-corrected chi connectivity index (χ3v) is 5.09. The Labute approximate surface area is 131 Å². The van der Waals surface area contributed by atoms with E-state index in [4.69, 9.17) is 23.2 Å². The highest BCUT2D eigenvalue weighted by Crippen LogP contribution is 2.35. The molecular formula is C16H23Cl2NO. The molecule has 0 saturated carbocycles. The van der Waals surface area contributed by atoms with Crippen LogP contribution in [0.3, 0.4) is 0 Å². The summed E-state index contributed by atoms with van der Waals surface area (Å²) in [7, 11) is 0. The third-order valence-electron chi connectivity index (χ3n) is 4.35. The second kappa shape index (κ2) is 6.65. The van der Waals surface area contributed by atoms with Crippen LogP contribution in [0.2, 0.25) is 10.0 Å². The number of aliphatic hydroxyl groups is 1. The predicted molar refractivity (Wildman–Crippen MR) is 85.5 cm³/mol. The first-order chi connectivity index (χ1) is 9.43. The predicted octanol–water partition coefficient (Wildman–Crippen LogP) is 4.68. The molecule has 0 radical (unpaired) electrons. The van der Waals surface area contributed by atoms with Gasteiger partial charge in [0, 0.05) is 5.54 Å². The van der Waals surface area contributed by atoms with Crippen molar-refractivity contribution in [3.63, 3.8) is 0 Å². The molecule has 0 amide bonds. The van der Waals surface area contributed by atoms with Crippen LogP contribution in [0, 0.1) is 0 Å². The second-order valence-corrected chi connectivity index (χ2v) is 6.95. The summed E-state index contributed by atoms with van der Waals surface area (Å²) in [5, 5.41) is 11.8. The molecular weight excluding hydrogens is 293 g/mol. The van der Waals surface area contributed by atoms with E-state index in [0.717, 1.165) is 18.7 Å². The highest BCUT2D eigenvalue weighted by Gasteiger charge is 2.35. The van der Waals surface area contributed by atoms with Crippen molar-refractivity contribution in [1.29, 1.82) is 0 Å². The molecule has 1 N–H and O–H groups in total. The number of hydrogen-bond acceptors (Lipinski definition) is 2. The molecule has 1 heterocycles. The van der Waals surface area contributed by atoms with Gasteiger partial charge in [0.15, 0.2) is 0 Å². The molecule has 0 spiro atoms. The minimum atomic E-state index is -0.574. The minimum absolute atomic E-state index is 0.304. The number of rotatable bonds is 3. The van der Waals surface area contributed by atoms with Gasteiger partial charge in [-0.2, -0.15) is 0 Å². The van der Waals surface area contributed by atoms with Gasteiger partial charge < -0.3 is 5.11 Å². The molecule has 2 rings (SSSR count). The van der Waals surface area contributed by atoms with Gasteiger partial charge in [0.1, 0.15) is 0 Å². The lowest BCUT2D eigenvalue weighted by Crippen LogP contribution is -2.48. The maximum absolute atomic E-state index is 10.8. The molecule has 2 nitrogen and oxygen atoms in total. The van der Waals surface area contributed by atoms with Gasteiger partial charge in [-0.15, -0.1) is 0 Å². The smallest absolute Gasteiger partial charge is 0.0968 e. The number of aliphatic hydroxyl groups excluding tert-OH is 1. The lowest BCUT2D eigenvalue weighted by Gasteiger charge is -2.41. The molecule has 4 heteroatoms. The van der Waals surface area contributed by atoms with Crippen LogP contribution in [-0.2, 0) is 0 Å². The third kappa shape index (κ3) is 3.48. The molecule has 0 aliphatic carbocycles. The Bertz CT molecular complexity index is 454. The van der Waals surface area contributed by atoms with E-state index in [9.17, 15) is 5.11 Å². The van der Waals surface area contributed by atoms with Crippen molar-refractivity contribution in [2.75, 3.05) is 13.1 Å². The SMILES string of the molecule is CC(C)(C(O)c1ccc(Cl)c(Cl)c1)N1CCCCCC1. The molecule has 1 aromatic carbocycles. The van der Waals surface area contributed by atoms with Crippen LogP contribution in [0.5, 0.6) is 0 Å². The van der Waals surface area contributed by atoms with Gasteiger partial charge in [0.2, 0.25) is 0 Å². The number of benzene rings is 1. The molecule has 1 aliphatic heterocycles. The Morgan fingerprint density at radius 2 is 1.65 bits per heavy atom. The normalized spacial score (nSPS) is 19.6. The fourth-order valence-corrected chi connectivity index (χ4v) is 3.22. The largest absolute Gasteiger partial charge is 0.386 e. The van der Waals surface area contributed by atoms with Gasteiger partial charge in [0.25, 0.3) is 0 Å². The Morgan fingerprint density at radius 1 is 1.05 bits per heavy atom. The summed E-state index contributed by atoms with van der Waals surface area (Å²) < 4.78 is 0. The van der Waals surface area contributed by atoms with Crippen LogP contribution in [0.25, 0.3) is 0 Å². The van der Waals surface area contributed by atoms with E-state index in [-0.39, 0.29) is 5.54 Å². The summed E-state index contributed by atoms with van der Waals surface area (Å²) in [5.74, 6) is 0. The summed E-state index contributed by atoms with van der Waals surface area (Å²) in [5.41, 5.74) is 0.523. The Balaban J connectivity index is 2.20. The summed E-state index contributed by atoms with van der Waals surface area (Å²) in [6, 6.07) is 5.38. The Hall–Kier alpha value is -0.280. The van der Waals surface area contributed by atoms with E-state index in [1.54, 1.807) is 12.1 Å². The minimum Gasteiger partial charge on any atom is -0.386 e. The van der Waals surface area contributed by atoms with E-state index in [1.165, 1.54) is 25.7 Å². The summed E-state index contributed by atoms with van der Waals surface area (Å²) in [6.45, 7) is 6.30. The molecule has 112 valence electrons. The molecule has 1 fully saturated rings. The maximum Gasteiger partial charge on any atom is 0.0968 e. The lowest BCUT2D eigenvalue weighted by molar-refractivity contribution is -0.01000. The lowest BCUT2D eigenvalue weighted by atomic mass is 9.89. The number of nitrogens with zero attached hydrogens (tertiary/aromatic N) is 1. The van der Waals surface area contributed by atoms with Crippen LogP contribution >= 0.6 is 23.2 Å². The van der Waals surface area contributed by atoms with E-state index < -0.39 is 6.10 Å². The second-order valence-electron chi connectivity index (χ2n) is 6.13. The number of likely N-dealkylation sites (tertiary alicyclic amines) is 1. The average Bonchev–Trinajstić information content (AvgIpc) is 2.70. The zero-order valence-corrected chi connectivity index (χ0v) is 13.7. The van der Waals surface area contributed by atoms with E-state index in [1.807, 2.05) is 6.07 Å². The fraction of sp³-hybridized carbons (Fsp3) is 0.625. The number of halogens is 2. The van der Waals surface area contributed by atoms with Gasteiger partial charge in [-0.1, -0.05) is 42.1 Å². The van der Waals surface area contributed by atoms with Gasteiger partial charge in [-0.05, 0) is 57.5 Å². The Kier molecular flexibility index (Phi) is 5.36. The van der Waals surface area contributed by atoms with Gasteiger partial charge in [-0.3, -0.25) is 4.90 Å². The van der Waals surface area contributed by atoms with Crippen molar-refractivity contribution in [3.05, 3.63) is 33.8 Å². The summed E-state index contributed by atoms with van der Waals surface area (Å²) in [4.78, 5) is 2.40. The molecule has 1 aromatic rings. The van der Waals surface area contributed by atoms with Gasteiger partial charge in [0.05, 0.1) is 16.1 Å². The fourth-order valence-electron chi connectivity index (χ4n) is 2.91. The zero-order valence-electron chi connectivity index (χ0n) is 12.2. The highest BCUT2D eigenvalue weighted by molar-refractivity contribution is 6.42. The first-order valence-electron chi connectivity index (χ1n) is 7.31. The van der Waals surface area contributed by atoms with Crippen molar-refractivity contribution in [2.45, 2.75) is 51.2 Å². The van der Waals surface area contributed by atoms with Gasteiger partial charge in [-0.25, -0.2) is 0 Å². The summed E-state index contributed by atoms with van der Waals surface area (Å²) >= 11 is 12.0. The summed E-state index contributed by atoms with van der Waals surface area (Å²) in [6.07, 6.45) is 4.41. The Morgan fingerprint density at radius 3 is 2.20 bits per heavy atom. The molecule has 1 atom stereocenters. The first kappa shape index (κ1) is 16.1. The molecule has 1 unspecified atom stereocenters. The van der Waals surface area contributed by atoms with Gasteiger partial charge >= 0.3 is 0 Å². The van der Waals surface area contributed by atoms with Crippen LogP contribution in [0.1, 0.15) is 51.2 Å². The molecule has 1 saturated heterocycles.